The first-order chi connectivity index (χ1) is 16.3. The molecule has 0 radical (unpaired) electrons. The Bertz CT molecular complexity index is 1010. The maximum Gasteiger partial charge on any atom is 0.490 e. The molecule has 0 saturated carbocycles. The molecule has 0 aromatic carbocycles. The Morgan fingerprint density at radius 2 is 1.91 bits per heavy atom. The second-order valence-corrected chi connectivity index (χ2v) is 11.2. The first-order valence-electron chi connectivity index (χ1n) is 11.6. The van der Waals surface area contributed by atoms with Gasteiger partial charge in [-0.05, 0) is 38.3 Å². The van der Waals surface area contributed by atoms with Crippen LogP contribution in [-0.2, 0) is 19.6 Å². The lowest BCUT2D eigenvalue weighted by atomic mass is 9.76. The molecule has 3 fully saturated rings. The van der Waals surface area contributed by atoms with E-state index in [-0.39, 0.29) is 28.3 Å². The number of aliphatic carboxylic acids is 1. The Kier molecular flexibility index (Phi) is 8.12. The van der Waals surface area contributed by atoms with Gasteiger partial charge in [-0.2, -0.15) is 17.5 Å². The molecule has 3 aliphatic rings. The molecule has 3 aliphatic heterocycles. The summed E-state index contributed by atoms with van der Waals surface area (Å²) in [5.74, 6) is -2.29. The van der Waals surface area contributed by atoms with Gasteiger partial charge in [-0.15, -0.1) is 0 Å². The lowest BCUT2D eigenvalue weighted by molar-refractivity contribution is -0.192. The zero-order valence-electron chi connectivity index (χ0n) is 19.7. The van der Waals surface area contributed by atoms with Gasteiger partial charge in [-0.3, -0.25) is 9.69 Å². The van der Waals surface area contributed by atoms with E-state index >= 15 is 0 Å². The number of fused-ring (bicyclic) bond motifs is 2. The number of hydrogen-bond donors (Lipinski definition) is 2. The normalized spacial score (nSPS) is 25.5. The first-order valence-corrected chi connectivity index (χ1v) is 13.0. The number of amides is 1. The number of likely N-dealkylation sites (tertiary alicyclic amines) is 1. The van der Waals surface area contributed by atoms with Gasteiger partial charge in [0.15, 0.2) is 5.03 Å². The van der Waals surface area contributed by atoms with E-state index in [4.69, 9.17) is 9.90 Å². The van der Waals surface area contributed by atoms with Crippen molar-refractivity contribution in [2.45, 2.75) is 62.3 Å². The zero-order chi connectivity index (χ0) is 26.0. The van der Waals surface area contributed by atoms with Crippen LogP contribution >= 0.6 is 0 Å². The van der Waals surface area contributed by atoms with Gasteiger partial charge >= 0.3 is 12.1 Å². The number of aromatic nitrogens is 1. The van der Waals surface area contributed by atoms with Crippen molar-refractivity contribution in [1.82, 2.24) is 19.5 Å². The van der Waals surface area contributed by atoms with Gasteiger partial charge < -0.3 is 10.4 Å². The second-order valence-electron chi connectivity index (χ2n) is 9.32. The van der Waals surface area contributed by atoms with Crippen LogP contribution in [0, 0.1) is 11.8 Å². The standard InChI is InChI=1S/C20H30N4O3S.C2HF3O2/c1-3-6-15(2)23-13-16-17(14-23)20(22-19(16)25)8-11-24(12-9-20)28(26,27)18-7-4-5-10-21-18;3-2(4,5)1(6)7/h4-5,7,10,15-17H,3,6,8-9,11-14H2,1-2H3,(H,22,25);(H,6,7)/t15?,16-,17+;/m1./s1. The fourth-order valence-electron chi connectivity index (χ4n) is 5.30. The third-order valence-corrected chi connectivity index (χ3v) is 9.01. The van der Waals surface area contributed by atoms with E-state index in [9.17, 15) is 26.4 Å². The van der Waals surface area contributed by atoms with Crippen molar-refractivity contribution in [3.8, 4) is 0 Å². The van der Waals surface area contributed by atoms with Gasteiger partial charge in [0.05, 0.1) is 5.92 Å². The van der Waals surface area contributed by atoms with Gasteiger partial charge in [0, 0.05) is 49.9 Å². The van der Waals surface area contributed by atoms with E-state index in [0.717, 1.165) is 25.9 Å². The topological polar surface area (TPSA) is 120 Å². The molecule has 4 heterocycles. The second kappa shape index (κ2) is 10.4. The van der Waals surface area contributed by atoms with Gasteiger partial charge in [0.2, 0.25) is 5.91 Å². The highest BCUT2D eigenvalue weighted by molar-refractivity contribution is 7.89. The number of carbonyl (C=O) groups is 2. The van der Waals surface area contributed by atoms with E-state index in [1.54, 1.807) is 12.1 Å². The predicted molar refractivity (Wildman–Crippen MR) is 120 cm³/mol. The lowest BCUT2D eigenvalue weighted by Crippen LogP contribution is -2.56. The largest absolute Gasteiger partial charge is 0.490 e. The maximum atomic E-state index is 12.9. The summed E-state index contributed by atoms with van der Waals surface area (Å²) < 4.78 is 59.0. The molecule has 1 spiro atoms. The summed E-state index contributed by atoms with van der Waals surface area (Å²) in [6, 6.07) is 5.43. The molecule has 3 saturated heterocycles. The number of alkyl halides is 3. The van der Waals surface area contributed by atoms with Crippen molar-refractivity contribution >= 4 is 21.9 Å². The molecule has 196 valence electrons. The Balaban J connectivity index is 0.000000429. The average molecular weight is 521 g/mol. The van der Waals surface area contributed by atoms with Gasteiger partial charge in [-0.1, -0.05) is 19.4 Å². The van der Waals surface area contributed by atoms with E-state index in [2.05, 4.69) is 29.0 Å². The van der Waals surface area contributed by atoms with Crippen molar-refractivity contribution in [2.24, 2.45) is 11.8 Å². The van der Waals surface area contributed by atoms with Gasteiger partial charge in [0.25, 0.3) is 10.0 Å². The Morgan fingerprint density at radius 1 is 1.29 bits per heavy atom. The van der Waals surface area contributed by atoms with Crippen molar-refractivity contribution in [2.75, 3.05) is 26.2 Å². The van der Waals surface area contributed by atoms with Crippen LogP contribution in [0.25, 0.3) is 0 Å². The van der Waals surface area contributed by atoms with E-state index in [1.807, 2.05) is 0 Å². The van der Waals surface area contributed by atoms with Gasteiger partial charge in [-0.25, -0.2) is 18.2 Å². The molecule has 1 unspecified atom stereocenters. The minimum absolute atomic E-state index is 0.0400. The van der Waals surface area contributed by atoms with Crippen LogP contribution in [0.2, 0.25) is 0 Å². The molecule has 1 aromatic heterocycles. The van der Waals surface area contributed by atoms with E-state index < -0.39 is 22.2 Å². The Morgan fingerprint density at radius 3 is 2.43 bits per heavy atom. The minimum atomic E-state index is -5.08. The van der Waals surface area contributed by atoms with Crippen molar-refractivity contribution in [1.29, 1.82) is 0 Å². The van der Waals surface area contributed by atoms with Crippen LogP contribution < -0.4 is 5.32 Å². The SMILES string of the molecule is CCCC(C)N1C[C@H]2C(=O)NC3(CCN(S(=O)(=O)c4ccccn4)CC3)[C@H]2C1.O=C(O)C(F)(F)F. The van der Waals surface area contributed by atoms with Crippen LogP contribution in [0.15, 0.2) is 29.4 Å². The molecular weight excluding hydrogens is 489 g/mol. The zero-order valence-corrected chi connectivity index (χ0v) is 20.5. The number of pyridine rings is 1. The highest BCUT2D eigenvalue weighted by Crippen LogP contribution is 2.45. The maximum absolute atomic E-state index is 12.9. The molecule has 9 nitrogen and oxygen atoms in total. The monoisotopic (exact) mass is 520 g/mol. The summed E-state index contributed by atoms with van der Waals surface area (Å²) in [4.78, 5) is 28.0. The van der Waals surface area contributed by atoms with Crippen molar-refractivity contribution in [3.63, 3.8) is 0 Å². The van der Waals surface area contributed by atoms with Crippen LogP contribution in [0.1, 0.15) is 39.5 Å². The number of piperidine rings is 1. The number of halogens is 3. The van der Waals surface area contributed by atoms with Crippen molar-refractivity contribution in [3.05, 3.63) is 24.4 Å². The van der Waals surface area contributed by atoms with Crippen LogP contribution in [0.4, 0.5) is 13.2 Å². The molecule has 0 aliphatic carbocycles. The first kappa shape index (κ1) is 27.3. The molecule has 3 atom stereocenters. The smallest absolute Gasteiger partial charge is 0.475 e. The lowest BCUT2D eigenvalue weighted by Gasteiger charge is -2.42. The van der Waals surface area contributed by atoms with E-state index in [1.165, 1.54) is 16.6 Å². The fraction of sp³-hybridized carbons (Fsp3) is 0.682. The summed E-state index contributed by atoms with van der Waals surface area (Å²) in [5.41, 5.74) is -0.265. The molecule has 4 rings (SSSR count). The quantitative estimate of drug-likeness (QED) is 0.610. The molecule has 35 heavy (non-hydrogen) atoms. The average Bonchev–Trinajstić information content (AvgIpc) is 3.35. The number of carboxylic acids is 1. The molecule has 0 bridgehead atoms. The number of carbonyl (C=O) groups excluding carboxylic acids is 1. The number of nitrogens with one attached hydrogen (secondary N) is 1. The summed E-state index contributed by atoms with van der Waals surface area (Å²) in [6.07, 6.45) is 0.0451. The van der Waals surface area contributed by atoms with E-state index in [0.29, 0.717) is 32.0 Å². The number of hydrogen-bond acceptors (Lipinski definition) is 6. The number of carboxylic acid groups (broad SMARTS) is 1. The molecule has 2 N–H and O–H groups in total. The third-order valence-electron chi connectivity index (χ3n) is 7.20. The summed E-state index contributed by atoms with van der Waals surface area (Å²) in [7, 11) is -3.58. The van der Waals surface area contributed by atoms with Crippen molar-refractivity contribution < 1.29 is 36.3 Å². The molecule has 1 aromatic rings. The summed E-state index contributed by atoms with van der Waals surface area (Å²) in [5, 5.41) is 10.5. The molecular formula is C22H31F3N4O5S. The fourth-order valence-corrected chi connectivity index (χ4v) is 6.68. The molecule has 1 amide bonds. The summed E-state index contributed by atoms with van der Waals surface area (Å²) in [6.45, 7) is 7.04. The third kappa shape index (κ3) is 5.78. The predicted octanol–water partition coefficient (Wildman–Crippen LogP) is 2.10. The van der Waals surface area contributed by atoms with Crippen LogP contribution in [0.3, 0.4) is 0 Å². The Hall–Kier alpha value is -2.25. The van der Waals surface area contributed by atoms with Gasteiger partial charge in [0.1, 0.15) is 0 Å². The Labute approximate surface area is 202 Å². The molecule has 13 heteroatoms. The highest BCUT2D eigenvalue weighted by Gasteiger charge is 2.58. The minimum Gasteiger partial charge on any atom is -0.475 e. The van der Waals surface area contributed by atoms with Crippen LogP contribution in [-0.4, -0.2) is 83.5 Å². The van der Waals surface area contributed by atoms with Crippen LogP contribution in [0.5, 0.6) is 0 Å². The summed E-state index contributed by atoms with van der Waals surface area (Å²) >= 11 is 0. The number of sulfonamides is 1. The highest BCUT2D eigenvalue weighted by atomic mass is 32.2. The number of rotatable bonds is 5. The number of nitrogens with zero attached hydrogens (tertiary/aromatic N) is 3.